The Morgan fingerprint density at radius 3 is 2.85 bits per heavy atom. The van der Waals surface area contributed by atoms with Crippen molar-refractivity contribution in [2.24, 2.45) is 11.8 Å². The highest BCUT2D eigenvalue weighted by Crippen LogP contribution is 2.50. The molecule has 0 amide bonds. The van der Waals surface area contributed by atoms with Crippen molar-refractivity contribution in [3.8, 4) is 11.5 Å². The summed E-state index contributed by atoms with van der Waals surface area (Å²) in [7, 11) is 1.64. The summed E-state index contributed by atoms with van der Waals surface area (Å²) in [6.45, 7) is 4.57. The molecule has 4 unspecified atom stereocenters. The number of methoxy groups -OCH3 is 1. The van der Waals surface area contributed by atoms with E-state index in [4.69, 9.17) is 9.47 Å². The molecule has 110 valence electrons. The molecule has 1 spiro atoms. The molecule has 0 aromatic heterocycles. The predicted molar refractivity (Wildman–Crippen MR) is 78.1 cm³/mol. The van der Waals surface area contributed by atoms with E-state index in [1.165, 1.54) is 12.8 Å². The lowest BCUT2D eigenvalue weighted by atomic mass is 9.68. The second kappa shape index (κ2) is 4.96. The molecule has 1 aliphatic heterocycles. The van der Waals surface area contributed by atoms with Crippen LogP contribution >= 0.6 is 0 Å². The van der Waals surface area contributed by atoms with Gasteiger partial charge < -0.3 is 14.6 Å². The minimum Gasteiger partial charge on any atom is -0.497 e. The second-order valence-electron chi connectivity index (χ2n) is 6.57. The van der Waals surface area contributed by atoms with Gasteiger partial charge in [0.1, 0.15) is 17.1 Å². The van der Waals surface area contributed by atoms with Crippen LogP contribution in [0.3, 0.4) is 0 Å². The molecule has 3 rings (SSSR count). The first kappa shape index (κ1) is 13.7. The first-order valence-electron chi connectivity index (χ1n) is 7.59. The zero-order chi connectivity index (χ0) is 14.3. The van der Waals surface area contributed by atoms with E-state index in [1.807, 2.05) is 18.2 Å². The molecule has 0 saturated heterocycles. The molecule has 4 atom stereocenters. The van der Waals surface area contributed by atoms with Crippen LogP contribution in [0.25, 0.3) is 0 Å². The van der Waals surface area contributed by atoms with Crippen molar-refractivity contribution in [3.05, 3.63) is 23.8 Å². The predicted octanol–water partition coefficient (Wildman–Crippen LogP) is 3.71. The first-order chi connectivity index (χ1) is 9.54. The molecular weight excluding hydrogens is 252 g/mol. The largest absolute Gasteiger partial charge is 0.497 e. The fourth-order valence-corrected chi connectivity index (χ4v) is 3.83. The number of rotatable bonds is 1. The average Bonchev–Trinajstić information content (AvgIpc) is 2.43. The maximum atomic E-state index is 10.5. The second-order valence-corrected chi connectivity index (χ2v) is 6.57. The van der Waals surface area contributed by atoms with E-state index in [0.29, 0.717) is 12.3 Å². The minimum atomic E-state index is -0.454. The van der Waals surface area contributed by atoms with Gasteiger partial charge >= 0.3 is 0 Å². The Kier molecular flexibility index (Phi) is 3.41. The van der Waals surface area contributed by atoms with Gasteiger partial charge in [-0.05, 0) is 49.3 Å². The Balaban J connectivity index is 1.92. The molecule has 1 aromatic carbocycles. The van der Waals surface area contributed by atoms with Gasteiger partial charge in [0.15, 0.2) is 0 Å². The standard InChI is InChI=1S/C17H24O3/c1-11-6-7-17(12(2)8-11)10-15(18)14-9-13(19-3)4-5-16(14)20-17/h4-5,9,11-12,15,18H,6-8,10H2,1-3H3. The summed E-state index contributed by atoms with van der Waals surface area (Å²) in [6, 6.07) is 5.73. The van der Waals surface area contributed by atoms with E-state index < -0.39 is 6.10 Å². The van der Waals surface area contributed by atoms with Crippen molar-refractivity contribution in [3.63, 3.8) is 0 Å². The number of hydrogen-bond donors (Lipinski definition) is 1. The zero-order valence-electron chi connectivity index (χ0n) is 12.6. The topological polar surface area (TPSA) is 38.7 Å². The summed E-state index contributed by atoms with van der Waals surface area (Å²) in [5.74, 6) is 2.84. The van der Waals surface area contributed by atoms with Crippen LogP contribution in [-0.2, 0) is 0 Å². The number of hydrogen-bond acceptors (Lipinski definition) is 3. The molecule has 1 saturated carbocycles. The monoisotopic (exact) mass is 276 g/mol. The summed E-state index contributed by atoms with van der Waals surface area (Å²) in [5.41, 5.74) is 0.675. The first-order valence-corrected chi connectivity index (χ1v) is 7.59. The van der Waals surface area contributed by atoms with E-state index in [-0.39, 0.29) is 5.60 Å². The normalized spacial score (nSPS) is 36.3. The van der Waals surface area contributed by atoms with Gasteiger partial charge in [-0.15, -0.1) is 0 Å². The number of aliphatic hydroxyl groups is 1. The van der Waals surface area contributed by atoms with E-state index in [1.54, 1.807) is 7.11 Å². The van der Waals surface area contributed by atoms with Gasteiger partial charge in [0.2, 0.25) is 0 Å². The third-order valence-corrected chi connectivity index (χ3v) is 5.14. The fourth-order valence-electron chi connectivity index (χ4n) is 3.83. The van der Waals surface area contributed by atoms with Crippen LogP contribution in [0.4, 0.5) is 0 Å². The molecule has 20 heavy (non-hydrogen) atoms. The molecule has 1 heterocycles. The molecule has 0 bridgehead atoms. The maximum Gasteiger partial charge on any atom is 0.126 e. The summed E-state index contributed by atoms with van der Waals surface area (Å²) in [6.07, 6.45) is 3.64. The fraction of sp³-hybridized carbons (Fsp3) is 0.647. The highest BCUT2D eigenvalue weighted by Gasteiger charge is 2.47. The third-order valence-electron chi connectivity index (χ3n) is 5.14. The van der Waals surface area contributed by atoms with E-state index in [9.17, 15) is 5.11 Å². The van der Waals surface area contributed by atoms with Gasteiger partial charge in [0, 0.05) is 12.0 Å². The lowest BCUT2D eigenvalue weighted by molar-refractivity contribution is -0.0803. The van der Waals surface area contributed by atoms with Gasteiger partial charge in [-0.3, -0.25) is 0 Å². The SMILES string of the molecule is COc1ccc2c(c1)C(O)CC1(CCC(C)CC1C)O2. The maximum absolute atomic E-state index is 10.5. The molecule has 1 aliphatic carbocycles. The Morgan fingerprint density at radius 1 is 1.35 bits per heavy atom. The molecule has 1 N–H and O–H groups in total. The summed E-state index contributed by atoms with van der Waals surface area (Å²) < 4.78 is 11.6. The van der Waals surface area contributed by atoms with Gasteiger partial charge in [-0.25, -0.2) is 0 Å². The summed E-state index contributed by atoms with van der Waals surface area (Å²) in [4.78, 5) is 0. The average molecular weight is 276 g/mol. The van der Waals surface area contributed by atoms with E-state index >= 15 is 0 Å². The Morgan fingerprint density at radius 2 is 2.15 bits per heavy atom. The molecule has 2 aliphatic rings. The van der Waals surface area contributed by atoms with Crippen LogP contribution in [0.2, 0.25) is 0 Å². The number of benzene rings is 1. The van der Waals surface area contributed by atoms with Gasteiger partial charge in [-0.2, -0.15) is 0 Å². The highest BCUT2D eigenvalue weighted by molar-refractivity contribution is 5.43. The van der Waals surface area contributed by atoms with E-state index in [2.05, 4.69) is 13.8 Å². The van der Waals surface area contributed by atoms with Crippen molar-refractivity contribution in [1.82, 2.24) is 0 Å². The van der Waals surface area contributed by atoms with Crippen LogP contribution < -0.4 is 9.47 Å². The number of fused-ring (bicyclic) bond motifs is 1. The van der Waals surface area contributed by atoms with Crippen molar-refractivity contribution < 1.29 is 14.6 Å². The highest BCUT2D eigenvalue weighted by atomic mass is 16.5. The Labute approximate surface area is 120 Å². The third kappa shape index (κ3) is 2.18. The Hall–Kier alpha value is -1.22. The van der Waals surface area contributed by atoms with Gasteiger partial charge in [-0.1, -0.05) is 13.8 Å². The molecule has 3 nitrogen and oxygen atoms in total. The molecule has 3 heteroatoms. The molecule has 1 fully saturated rings. The molecule has 0 radical (unpaired) electrons. The summed E-state index contributed by atoms with van der Waals surface area (Å²) in [5, 5.41) is 10.5. The van der Waals surface area contributed by atoms with Crippen molar-refractivity contribution in [2.75, 3.05) is 7.11 Å². The van der Waals surface area contributed by atoms with Crippen LogP contribution in [0.5, 0.6) is 11.5 Å². The summed E-state index contributed by atoms with van der Waals surface area (Å²) >= 11 is 0. The van der Waals surface area contributed by atoms with Crippen LogP contribution in [0.1, 0.15) is 51.2 Å². The van der Waals surface area contributed by atoms with Crippen LogP contribution in [-0.4, -0.2) is 17.8 Å². The van der Waals surface area contributed by atoms with Gasteiger partial charge in [0.25, 0.3) is 0 Å². The van der Waals surface area contributed by atoms with Gasteiger partial charge in [0.05, 0.1) is 13.2 Å². The number of ether oxygens (including phenoxy) is 2. The lowest BCUT2D eigenvalue weighted by Gasteiger charge is -2.48. The smallest absolute Gasteiger partial charge is 0.126 e. The van der Waals surface area contributed by atoms with Crippen LogP contribution in [0, 0.1) is 11.8 Å². The van der Waals surface area contributed by atoms with E-state index in [0.717, 1.165) is 29.4 Å². The zero-order valence-corrected chi connectivity index (χ0v) is 12.6. The van der Waals surface area contributed by atoms with Crippen molar-refractivity contribution in [1.29, 1.82) is 0 Å². The molecule has 1 aromatic rings. The van der Waals surface area contributed by atoms with Crippen molar-refractivity contribution >= 4 is 0 Å². The Bertz CT molecular complexity index is 499. The van der Waals surface area contributed by atoms with Crippen molar-refractivity contribution in [2.45, 2.75) is 51.2 Å². The van der Waals surface area contributed by atoms with Crippen LogP contribution in [0.15, 0.2) is 18.2 Å². The quantitative estimate of drug-likeness (QED) is 0.850. The number of aliphatic hydroxyl groups excluding tert-OH is 1. The lowest BCUT2D eigenvalue weighted by Crippen LogP contribution is -2.49. The minimum absolute atomic E-state index is 0.187. The molecular formula is C17H24O3.